The lowest BCUT2D eigenvalue weighted by molar-refractivity contribution is 0.190. The zero-order valence-electron chi connectivity index (χ0n) is 9.07. The quantitative estimate of drug-likeness (QED) is 0.699. The molecule has 1 rings (SSSR count). The van der Waals surface area contributed by atoms with Crippen LogP contribution in [0.2, 0.25) is 0 Å². The Morgan fingerprint density at radius 2 is 2.36 bits per heavy atom. The molecule has 3 nitrogen and oxygen atoms in total. The van der Waals surface area contributed by atoms with E-state index in [1.807, 2.05) is 6.92 Å². The van der Waals surface area contributed by atoms with Crippen LogP contribution in [-0.4, -0.2) is 24.3 Å². The molecule has 1 atom stereocenters. The molecule has 1 heterocycles. The van der Waals surface area contributed by atoms with Gasteiger partial charge in [-0.1, -0.05) is 0 Å². The zero-order valence-corrected chi connectivity index (χ0v) is 9.07. The van der Waals surface area contributed by atoms with Crippen molar-refractivity contribution in [1.29, 1.82) is 0 Å². The summed E-state index contributed by atoms with van der Waals surface area (Å²) in [6.45, 7) is 3.87. The average Bonchev–Trinajstić information content (AvgIpc) is 2.52. The number of aromatic nitrogens is 1. The first-order valence-corrected chi connectivity index (χ1v) is 5.12. The van der Waals surface area contributed by atoms with Crippen LogP contribution in [0.4, 0.5) is 0 Å². The Morgan fingerprint density at radius 3 is 3.00 bits per heavy atom. The van der Waals surface area contributed by atoms with Crippen molar-refractivity contribution in [3.05, 3.63) is 24.0 Å². The fraction of sp³-hybridized carbons (Fsp3) is 0.636. The normalized spacial score (nSPS) is 13.1. The molecule has 0 saturated heterocycles. The number of rotatable bonds is 6. The Morgan fingerprint density at radius 1 is 1.57 bits per heavy atom. The van der Waals surface area contributed by atoms with E-state index in [1.54, 1.807) is 7.11 Å². The van der Waals surface area contributed by atoms with Gasteiger partial charge in [0.15, 0.2) is 0 Å². The van der Waals surface area contributed by atoms with Crippen molar-refractivity contribution < 1.29 is 4.74 Å². The van der Waals surface area contributed by atoms with Gasteiger partial charge in [-0.2, -0.15) is 0 Å². The van der Waals surface area contributed by atoms with Crippen molar-refractivity contribution in [3.63, 3.8) is 0 Å². The molecule has 80 valence electrons. The third-order valence-corrected chi connectivity index (χ3v) is 2.20. The number of nitrogens with two attached hydrogens (primary N) is 1. The van der Waals surface area contributed by atoms with Gasteiger partial charge in [-0.15, -0.1) is 0 Å². The molecule has 0 aliphatic rings. The van der Waals surface area contributed by atoms with Gasteiger partial charge in [0.2, 0.25) is 0 Å². The predicted octanol–water partition coefficient (Wildman–Crippen LogP) is 1.41. The number of ether oxygens (including phenoxy) is 1. The van der Waals surface area contributed by atoms with Crippen LogP contribution in [0.15, 0.2) is 18.3 Å². The van der Waals surface area contributed by atoms with Gasteiger partial charge >= 0.3 is 0 Å². The molecule has 0 amide bonds. The summed E-state index contributed by atoms with van der Waals surface area (Å²) in [7, 11) is 1.73. The Labute approximate surface area is 85.9 Å². The van der Waals surface area contributed by atoms with Gasteiger partial charge < -0.3 is 15.0 Å². The largest absolute Gasteiger partial charge is 0.385 e. The molecule has 1 unspecified atom stereocenters. The summed E-state index contributed by atoms with van der Waals surface area (Å²) in [5.74, 6) is 0. The van der Waals surface area contributed by atoms with Crippen molar-refractivity contribution in [3.8, 4) is 0 Å². The first kappa shape index (κ1) is 11.3. The smallest absolute Gasteiger partial charge is 0.0479 e. The first-order chi connectivity index (χ1) is 6.74. The molecule has 0 radical (unpaired) electrons. The van der Waals surface area contributed by atoms with Crippen molar-refractivity contribution in [1.82, 2.24) is 4.57 Å². The van der Waals surface area contributed by atoms with E-state index in [2.05, 4.69) is 22.9 Å². The van der Waals surface area contributed by atoms with E-state index in [9.17, 15) is 0 Å². The zero-order chi connectivity index (χ0) is 10.4. The molecule has 0 fully saturated rings. The van der Waals surface area contributed by atoms with Crippen LogP contribution in [0.25, 0.3) is 0 Å². The van der Waals surface area contributed by atoms with Crippen LogP contribution in [0.1, 0.15) is 19.0 Å². The van der Waals surface area contributed by atoms with Crippen LogP contribution >= 0.6 is 0 Å². The second-order valence-electron chi connectivity index (χ2n) is 3.72. The third kappa shape index (κ3) is 3.52. The third-order valence-electron chi connectivity index (χ3n) is 2.20. The molecule has 0 bridgehead atoms. The minimum absolute atomic E-state index is 0.228. The van der Waals surface area contributed by atoms with Gasteiger partial charge in [0.1, 0.15) is 0 Å². The van der Waals surface area contributed by atoms with E-state index in [1.165, 1.54) is 5.69 Å². The first-order valence-electron chi connectivity index (χ1n) is 5.12. The van der Waals surface area contributed by atoms with E-state index in [4.69, 9.17) is 10.5 Å². The fourth-order valence-corrected chi connectivity index (χ4v) is 1.56. The maximum Gasteiger partial charge on any atom is 0.0479 e. The van der Waals surface area contributed by atoms with Crippen molar-refractivity contribution in [2.75, 3.05) is 13.7 Å². The highest BCUT2D eigenvalue weighted by molar-refractivity contribution is 5.08. The predicted molar refractivity (Wildman–Crippen MR) is 58.3 cm³/mol. The fourth-order valence-electron chi connectivity index (χ4n) is 1.56. The lowest BCUT2D eigenvalue weighted by atomic mass is 10.2. The minimum atomic E-state index is 0.228. The minimum Gasteiger partial charge on any atom is -0.385 e. The molecule has 2 N–H and O–H groups in total. The molecular formula is C11H20N2O. The van der Waals surface area contributed by atoms with E-state index in [-0.39, 0.29) is 6.04 Å². The molecule has 1 aromatic rings. The van der Waals surface area contributed by atoms with Crippen LogP contribution in [0.5, 0.6) is 0 Å². The highest BCUT2D eigenvalue weighted by Crippen LogP contribution is 2.06. The van der Waals surface area contributed by atoms with Gasteiger partial charge in [-0.25, -0.2) is 0 Å². The highest BCUT2D eigenvalue weighted by atomic mass is 16.5. The maximum absolute atomic E-state index is 5.77. The monoisotopic (exact) mass is 196 g/mol. The van der Waals surface area contributed by atoms with Gasteiger partial charge in [-0.05, 0) is 25.5 Å². The molecule has 0 saturated carbocycles. The van der Waals surface area contributed by atoms with Crippen molar-refractivity contribution in [2.24, 2.45) is 5.73 Å². The molecule has 3 heteroatoms. The van der Waals surface area contributed by atoms with Crippen LogP contribution < -0.4 is 5.73 Å². The second-order valence-corrected chi connectivity index (χ2v) is 3.72. The summed E-state index contributed by atoms with van der Waals surface area (Å²) in [6.07, 6.45) is 4.10. The van der Waals surface area contributed by atoms with Crippen LogP contribution in [0, 0.1) is 0 Å². The van der Waals surface area contributed by atoms with E-state index in [0.717, 1.165) is 26.0 Å². The molecule has 14 heavy (non-hydrogen) atoms. The highest BCUT2D eigenvalue weighted by Gasteiger charge is 2.02. The summed E-state index contributed by atoms with van der Waals surface area (Å²) in [5, 5.41) is 0. The van der Waals surface area contributed by atoms with Gasteiger partial charge in [0.25, 0.3) is 0 Å². The second kappa shape index (κ2) is 5.83. The Hall–Kier alpha value is -0.800. The number of hydrogen-bond donors (Lipinski definition) is 1. The number of hydrogen-bond acceptors (Lipinski definition) is 2. The Balaban J connectivity index is 2.45. The topological polar surface area (TPSA) is 40.2 Å². The number of aryl methyl sites for hydroxylation is 1. The Kier molecular flexibility index (Phi) is 4.70. The summed E-state index contributed by atoms with van der Waals surface area (Å²) in [5.41, 5.74) is 7.09. The molecule has 0 aliphatic heterocycles. The summed E-state index contributed by atoms with van der Waals surface area (Å²) >= 11 is 0. The average molecular weight is 196 g/mol. The van der Waals surface area contributed by atoms with Crippen molar-refractivity contribution >= 4 is 0 Å². The molecule has 1 aromatic heterocycles. The molecule has 0 aromatic carbocycles. The van der Waals surface area contributed by atoms with E-state index in [0.29, 0.717) is 0 Å². The SMILES string of the molecule is COCCCn1cccc1CC(C)N. The van der Waals surface area contributed by atoms with E-state index >= 15 is 0 Å². The standard InChI is InChI=1S/C11H20N2O/c1-10(12)9-11-5-3-6-13(11)7-4-8-14-2/h3,5-6,10H,4,7-9,12H2,1-2H3. The summed E-state index contributed by atoms with van der Waals surface area (Å²) < 4.78 is 7.28. The summed E-state index contributed by atoms with van der Waals surface area (Å²) in [6, 6.07) is 4.44. The molecule has 0 spiro atoms. The van der Waals surface area contributed by atoms with Crippen LogP contribution in [-0.2, 0) is 17.7 Å². The van der Waals surface area contributed by atoms with Crippen molar-refractivity contribution in [2.45, 2.75) is 32.4 Å². The van der Waals surface area contributed by atoms with Gasteiger partial charge in [0.05, 0.1) is 0 Å². The molecular weight excluding hydrogens is 176 g/mol. The van der Waals surface area contributed by atoms with Gasteiger partial charge in [-0.3, -0.25) is 0 Å². The van der Waals surface area contributed by atoms with E-state index < -0.39 is 0 Å². The molecule has 0 aliphatic carbocycles. The maximum atomic E-state index is 5.77. The number of methoxy groups -OCH3 is 1. The van der Waals surface area contributed by atoms with Gasteiger partial charge in [0, 0.05) is 44.6 Å². The lowest BCUT2D eigenvalue weighted by Crippen LogP contribution is -2.20. The summed E-state index contributed by atoms with van der Waals surface area (Å²) in [4.78, 5) is 0. The van der Waals surface area contributed by atoms with Crippen LogP contribution in [0.3, 0.4) is 0 Å². The lowest BCUT2D eigenvalue weighted by Gasteiger charge is -2.10. The Bertz CT molecular complexity index is 256. The number of nitrogens with zero attached hydrogens (tertiary/aromatic N) is 1.